The number of carbonyl (C=O) groups excluding carboxylic acids is 1. The van der Waals surface area contributed by atoms with Crippen molar-refractivity contribution in [2.75, 3.05) is 19.7 Å². The summed E-state index contributed by atoms with van der Waals surface area (Å²) in [4.78, 5) is 15.4. The van der Waals surface area contributed by atoms with E-state index in [4.69, 9.17) is 4.74 Å². The molecule has 1 aromatic heterocycles. The van der Waals surface area contributed by atoms with Crippen molar-refractivity contribution in [3.8, 4) is 0 Å². The lowest BCUT2D eigenvalue weighted by Gasteiger charge is -2.32. The molecule has 25 heavy (non-hydrogen) atoms. The molecule has 1 amide bonds. The van der Waals surface area contributed by atoms with Gasteiger partial charge in [-0.1, -0.05) is 18.2 Å². The Bertz CT molecular complexity index is 666. The molecule has 0 bridgehead atoms. The molecule has 3 nitrogen and oxygen atoms in total. The van der Waals surface area contributed by atoms with Crippen molar-refractivity contribution >= 4 is 17.2 Å². The first-order valence-electron chi connectivity index (χ1n) is 8.83. The zero-order valence-corrected chi connectivity index (χ0v) is 15.1. The smallest absolute Gasteiger partial charge is 0.227 e. The Hall–Kier alpha value is -1.72. The first-order chi connectivity index (χ1) is 12.2. The molecule has 1 aliphatic heterocycles. The van der Waals surface area contributed by atoms with E-state index in [0.29, 0.717) is 25.6 Å². The van der Waals surface area contributed by atoms with Gasteiger partial charge in [-0.05, 0) is 54.3 Å². The van der Waals surface area contributed by atoms with E-state index in [-0.39, 0.29) is 11.7 Å². The van der Waals surface area contributed by atoms with Gasteiger partial charge in [-0.3, -0.25) is 4.79 Å². The Morgan fingerprint density at radius 1 is 1.24 bits per heavy atom. The Morgan fingerprint density at radius 2 is 2.08 bits per heavy atom. The number of rotatable bonds is 7. The van der Waals surface area contributed by atoms with E-state index >= 15 is 0 Å². The summed E-state index contributed by atoms with van der Waals surface area (Å²) in [6.07, 6.45) is 3.61. The lowest BCUT2D eigenvalue weighted by atomic mass is 9.94. The predicted octanol–water partition coefficient (Wildman–Crippen LogP) is 4.28. The molecule has 3 rings (SSSR count). The normalized spacial score (nSPS) is 15.5. The fraction of sp³-hybridized carbons (Fsp3) is 0.450. The van der Waals surface area contributed by atoms with Crippen LogP contribution in [0.15, 0.2) is 41.8 Å². The van der Waals surface area contributed by atoms with E-state index in [9.17, 15) is 9.18 Å². The van der Waals surface area contributed by atoms with Crippen molar-refractivity contribution < 1.29 is 13.9 Å². The summed E-state index contributed by atoms with van der Waals surface area (Å²) in [7, 11) is 0. The number of carbonyl (C=O) groups is 1. The van der Waals surface area contributed by atoms with Gasteiger partial charge >= 0.3 is 0 Å². The average Bonchev–Trinajstić information content (AvgIpc) is 3.12. The highest BCUT2D eigenvalue weighted by molar-refractivity contribution is 7.10. The molecular formula is C20H24FNO2S. The van der Waals surface area contributed by atoms with Gasteiger partial charge in [0.25, 0.3) is 0 Å². The van der Waals surface area contributed by atoms with Crippen LogP contribution < -0.4 is 0 Å². The molecule has 0 saturated carbocycles. The van der Waals surface area contributed by atoms with Crippen LogP contribution in [0.5, 0.6) is 0 Å². The highest BCUT2D eigenvalue weighted by Gasteiger charge is 2.22. The maximum Gasteiger partial charge on any atom is 0.227 e. The molecule has 2 aromatic rings. The maximum atomic E-state index is 13.1. The number of piperidine rings is 1. The molecule has 0 radical (unpaired) electrons. The third-order valence-corrected chi connectivity index (χ3v) is 5.58. The van der Waals surface area contributed by atoms with Gasteiger partial charge in [0.1, 0.15) is 5.82 Å². The molecule has 1 fully saturated rings. The molecule has 0 unspecified atom stereocenters. The van der Waals surface area contributed by atoms with E-state index in [1.165, 1.54) is 12.1 Å². The minimum atomic E-state index is -0.222. The van der Waals surface area contributed by atoms with Gasteiger partial charge < -0.3 is 9.64 Å². The monoisotopic (exact) mass is 361 g/mol. The van der Waals surface area contributed by atoms with E-state index in [1.807, 2.05) is 28.5 Å². The Morgan fingerprint density at radius 3 is 2.80 bits per heavy atom. The van der Waals surface area contributed by atoms with Crippen molar-refractivity contribution in [2.45, 2.75) is 32.3 Å². The van der Waals surface area contributed by atoms with Crippen LogP contribution in [0.4, 0.5) is 4.39 Å². The van der Waals surface area contributed by atoms with Gasteiger partial charge in [-0.2, -0.15) is 0 Å². The molecule has 134 valence electrons. The second-order valence-corrected chi connectivity index (χ2v) is 7.58. The number of amides is 1. The van der Waals surface area contributed by atoms with E-state index in [0.717, 1.165) is 42.8 Å². The number of benzene rings is 1. The second kappa shape index (κ2) is 9.11. The number of hydrogen-bond donors (Lipinski definition) is 0. The number of likely N-dealkylation sites (tertiary alicyclic amines) is 1. The van der Waals surface area contributed by atoms with E-state index < -0.39 is 0 Å². The molecule has 0 spiro atoms. The Kier molecular flexibility index (Phi) is 6.59. The summed E-state index contributed by atoms with van der Waals surface area (Å²) in [5.74, 6) is 0.627. The summed E-state index contributed by atoms with van der Waals surface area (Å²) in [5.41, 5.74) is 0.869. The number of halogens is 1. The lowest BCUT2D eigenvalue weighted by molar-refractivity contribution is -0.131. The fourth-order valence-electron chi connectivity index (χ4n) is 3.21. The van der Waals surface area contributed by atoms with Gasteiger partial charge in [0.2, 0.25) is 5.91 Å². The molecule has 2 heterocycles. The lowest BCUT2D eigenvalue weighted by Crippen LogP contribution is -2.39. The standard InChI is InChI=1S/C20H24FNO2S/c21-18-4-1-3-17(13-18)15-24-11-8-16-6-9-22(10-7-16)20(23)14-19-5-2-12-25-19/h1-5,12-13,16H,6-11,14-15H2. The van der Waals surface area contributed by atoms with Crippen molar-refractivity contribution in [1.82, 2.24) is 4.90 Å². The zero-order chi connectivity index (χ0) is 17.5. The van der Waals surface area contributed by atoms with E-state index in [2.05, 4.69) is 0 Å². The molecule has 1 saturated heterocycles. The second-order valence-electron chi connectivity index (χ2n) is 6.55. The topological polar surface area (TPSA) is 29.5 Å². The van der Waals surface area contributed by atoms with Crippen molar-refractivity contribution in [3.63, 3.8) is 0 Å². The summed E-state index contributed by atoms with van der Waals surface area (Å²) < 4.78 is 18.8. The van der Waals surface area contributed by atoms with Crippen LogP contribution in [0.1, 0.15) is 29.7 Å². The SMILES string of the molecule is O=C(Cc1cccs1)N1CCC(CCOCc2cccc(F)c2)CC1. The number of thiophene rings is 1. The Balaban J connectivity index is 1.32. The molecule has 0 aliphatic carbocycles. The number of ether oxygens (including phenoxy) is 1. The van der Waals surface area contributed by atoms with Crippen LogP contribution in [0.3, 0.4) is 0 Å². The molecule has 0 N–H and O–H groups in total. The largest absolute Gasteiger partial charge is 0.377 e. The van der Waals surface area contributed by atoms with Crippen LogP contribution in [-0.2, 0) is 22.6 Å². The molecule has 1 aromatic carbocycles. The van der Waals surface area contributed by atoms with Gasteiger partial charge in [0.15, 0.2) is 0 Å². The van der Waals surface area contributed by atoms with E-state index in [1.54, 1.807) is 17.4 Å². The third-order valence-electron chi connectivity index (χ3n) is 4.70. The van der Waals surface area contributed by atoms with Crippen LogP contribution >= 0.6 is 11.3 Å². The van der Waals surface area contributed by atoms with Crippen molar-refractivity contribution in [3.05, 3.63) is 58.0 Å². The first kappa shape index (κ1) is 18.1. The van der Waals surface area contributed by atoms with Crippen LogP contribution in [0.2, 0.25) is 0 Å². The quantitative estimate of drug-likeness (QED) is 0.689. The summed E-state index contributed by atoms with van der Waals surface area (Å²) in [6, 6.07) is 10.5. The van der Waals surface area contributed by atoms with Gasteiger partial charge in [0, 0.05) is 24.6 Å². The summed E-state index contributed by atoms with van der Waals surface area (Å²) in [5, 5.41) is 2.01. The predicted molar refractivity (Wildman–Crippen MR) is 98.0 cm³/mol. The minimum Gasteiger partial charge on any atom is -0.377 e. The minimum absolute atomic E-state index is 0.222. The average molecular weight is 361 g/mol. The first-order valence-corrected chi connectivity index (χ1v) is 9.71. The molecule has 0 atom stereocenters. The van der Waals surface area contributed by atoms with Gasteiger partial charge in [0.05, 0.1) is 13.0 Å². The van der Waals surface area contributed by atoms with Gasteiger partial charge in [-0.15, -0.1) is 11.3 Å². The molecule has 5 heteroatoms. The summed E-state index contributed by atoms with van der Waals surface area (Å²) in [6.45, 7) is 2.83. The van der Waals surface area contributed by atoms with Crippen LogP contribution in [-0.4, -0.2) is 30.5 Å². The summed E-state index contributed by atoms with van der Waals surface area (Å²) >= 11 is 1.64. The number of nitrogens with zero attached hydrogens (tertiary/aromatic N) is 1. The Labute approximate surface area is 152 Å². The fourth-order valence-corrected chi connectivity index (χ4v) is 3.91. The van der Waals surface area contributed by atoms with Crippen molar-refractivity contribution in [2.24, 2.45) is 5.92 Å². The van der Waals surface area contributed by atoms with Crippen LogP contribution in [0, 0.1) is 11.7 Å². The van der Waals surface area contributed by atoms with Crippen LogP contribution in [0.25, 0.3) is 0 Å². The third kappa shape index (κ3) is 5.65. The highest BCUT2D eigenvalue weighted by atomic mass is 32.1. The zero-order valence-electron chi connectivity index (χ0n) is 14.3. The number of hydrogen-bond acceptors (Lipinski definition) is 3. The maximum absolute atomic E-state index is 13.1. The molecule has 1 aliphatic rings. The molecular weight excluding hydrogens is 337 g/mol. The van der Waals surface area contributed by atoms with Gasteiger partial charge in [-0.25, -0.2) is 4.39 Å². The van der Waals surface area contributed by atoms with Crippen molar-refractivity contribution in [1.29, 1.82) is 0 Å². The highest BCUT2D eigenvalue weighted by Crippen LogP contribution is 2.22.